The van der Waals surface area contributed by atoms with Gasteiger partial charge in [-0.3, -0.25) is 4.79 Å². The van der Waals surface area contributed by atoms with Crippen molar-refractivity contribution in [3.05, 3.63) is 58.4 Å². The van der Waals surface area contributed by atoms with Crippen LogP contribution in [0.3, 0.4) is 0 Å². The molecule has 1 amide bonds. The zero-order valence-electron chi connectivity index (χ0n) is 16.5. The molecule has 0 atom stereocenters. The monoisotopic (exact) mass is 414 g/mol. The first-order valence-electron chi connectivity index (χ1n) is 8.99. The summed E-state index contributed by atoms with van der Waals surface area (Å²) in [5.41, 5.74) is 2.43. The van der Waals surface area contributed by atoms with Crippen molar-refractivity contribution in [2.45, 2.75) is 13.5 Å². The quantitative estimate of drug-likeness (QED) is 0.556. The SMILES string of the molecule is COCCn1c(=NC(=O)COc2ccc(C)cc2)sc2cc(C(=O)OC)ccc21. The van der Waals surface area contributed by atoms with Crippen molar-refractivity contribution < 1.29 is 23.8 Å². The van der Waals surface area contributed by atoms with E-state index in [2.05, 4.69) is 4.99 Å². The maximum Gasteiger partial charge on any atom is 0.337 e. The predicted molar refractivity (Wildman–Crippen MR) is 110 cm³/mol. The second-order valence-corrected chi connectivity index (χ2v) is 7.32. The Morgan fingerprint density at radius 2 is 1.86 bits per heavy atom. The van der Waals surface area contributed by atoms with Gasteiger partial charge in [-0.25, -0.2) is 4.79 Å². The normalized spacial score (nSPS) is 11.6. The van der Waals surface area contributed by atoms with Crippen molar-refractivity contribution in [2.24, 2.45) is 4.99 Å². The number of hydrogen-bond acceptors (Lipinski definition) is 6. The average Bonchev–Trinajstić information content (AvgIpc) is 3.07. The van der Waals surface area contributed by atoms with Gasteiger partial charge in [0.05, 0.1) is 29.5 Å². The molecule has 8 heteroatoms. The Balaban J connectivity index is 1.89. The number of carbonyl (C=O) groups is 2. The first-order chi connectivity index (χ1) is 14.0. The summed E-state index contributed by atoms with van der Waals surface area (Å²) in [6, 6.07) is 12.7. The van der Waals surface area contributed by atoms with Gasteiger partial charge in [0.15, 0.2) is 11.4 Å². The zero-order chi connectivity index (χ0) is 20.8. The van der Waals surface area contributed by atoms with E-state index in [9.17, 15) is 9.59 Å². The van der Waals surface area contributed by atoms with E-state index in [1.54, 1.807) is 19.2 Å². The Morgan fingerprint density at radius 1 is 1.10 bits per heavy atom. The molecule has 2 aromatic carbocycles. The predicted octanol–water partition coefficient (Wildman–Crippen LogP) is 2.95. The molecule has 0 fully saturated rings. The Bertz CT molecular complexity index is 1080. The average molecular weight is 414 g/mol. The van der Waals surface area contributed by atoms with Gasteiger partial charge < -0.3 is 18.8 Å². The smallest absolute Gasteiger partial charge is 0.337 e. The molecule has 0 aliphatic rings. The molecule has 0 aliphatic carbocycles. The van der Waals surface area contributed by atoms with Gasteiger partial charge >= 0.3 is 5.97 Å². The number of benzene rings is 2. The highest BCUT2D eigenvalue weighted by molar-refractivity contribution is 7.16. The number of aryl methyl sites for hydroxylation is 1. The highest BCUT2D eigenvalue weighted by Crippen LogP contribution is 2.20. The van der Waals surface area contributed by atoms with Crippen LogP contribution in [0.2, 0.25) is 0 Å². The van der Waals surface area contributed by atoms with E-state index in [-0.39, 0.29) is 6.61 Å². The van der Waals surface area contributed by atoms with Gasteiger partial charge in [0.1, 0.15) is 5.75 Å². The molecule has 0 radical (unpaired) electrons. The van der Waals surface area contributed by atoms with E-state index in [1.165, 1.54) is 18.4 Å². The fourth-order valence-corrected chi connectivity index (χ4v) is 3.83. The van der Waals surface area contributed by atoms with Crippen LogP contribution >= 0.6 is 11.3 Å². The number of hydrogen-bond donors (Lipinski definition) is 0. The molecule has 3 aromatic rings. The van der Waals surface area contributed by atoms with E-state index in [0.717, 1.165) is 15.8 Å². The molecule has 152 valence electrons. The summed E-state index contributed by atoms with van der Waals surface area (Å²) in [5, 5.41) is 0. The molecule has 0 unspecified atom stereocenters. The number of ether oxygens (including phenoxy) is 3. The van der Waals surface area contributed by atoms with Gasteiger partial charge in [0, 0.05) is 13.7 Å². The summed E-state index contributed by atoms with van der Waals surface area (Å²) < 4.78 is 18.2. The minimum Gasteiger partial charge on any atom is -0.484 e. The summed E-state index contributed by atoms with van der Waals surface area (Å²) in [6.45, 7) is 2.82. The van der Waals surface area contributed by atoms with Crippen LogP contribution in [0.5, 0.6) is 5.75 Å². The lowest BCUT2D eigenvalue weighted by atomic mass is 10.2. The van der Waals surface area contributed by atoms with Gasteiger partial charge in [-0.05, 0) is 37.3 Å². The molecule has 1 heterocycles. The minimum atomic E-state index is -0.412. The third kappa shape index (κ3) is 5.10. The number of aromatic nitrogens is 1. The lowest BCUT2D eigenvalue weighted by Gasteiger charge is -2.05. The molecule has 0 saturated carbocycles. The number of esters is 1. The molecule has 0 saturated heterocycles. The van der Waals surface area contributed by atoms with Crippen molar-refractivity contribution in [1.82, 2.24) is 4.57 Å². The third-order valence-electron chi connectivity index (χ3n) is 4.23. The highest BCUT2D eigenvalue weighted by Gasteiger charge is 2.12. The molecule has 0 bridgehead atoms. The van der Waals surface area contributed by atoms with Gasteiger partial charge in [-0.2, -0.15) is 4.99 Å². The Morgan fingerprint density at radius 3 is 2.55 bits per heavy atom. The maximum absolute atomic E-state index is 12.4. The molecule has 3 rings (SSSR count). The molecule has 0 aliphatic heterocycles. The van der Waals surface area contributed by atoms with E-state index < -0.39 is 11.9 Å². The van der Waals surface area contributed by atoms with Crippen molar-refractivity contribution in [1.29, 1.82) is 0 Å². The fraction of sp³-hybridized carbons (Fsp3) is 0.286. The highest BCUT2D eigenvalue weighted by atomic mass is 32.1. The Kier molecular flexibility index (Phi) is 6.79. The number of amides is 1. The van der Waals surface area contributed by atoms with Crippen LogP contribution < -0.4 is 9.54 Å². The molecule has 1 aromatic heterocycles. The minimum absolute atomic E-state index is 0.158. The second kappa shape index (κ2) is 9.49. The number of carbonyl (C=O) groups excluding carboxylic acids is 2. The fourth-order valence-electron chi connectivity index (χ4n) is 2.72. The summed E-state index contributed by atoms with van der Waals surface area (Å²) >= 11 is 1.32. The van der Waals surface area contributed by atoms with Crippen molar-refractivity contribution in [3.63, 3.8) is 0 Å². The summed E-state index contributed by atoms with van der Waals surface area (Å²) in [7, 11) is 2.95. The van der Waals surface area contributed by atoms with E-state index in [4.69, 9.17) is 14.2 Å². The third-order valence-corrected chi connectivity index (χ3v) is 5.27. The molecule has 0 spiro atoms. The molecular weight excluding hydrogens is 392 g/mol. The van der Waals surface area contributed by atoms with Crippen LogP contribution in [0.4, 0.5) is 0 Å². The van der Waals surface area contributed by atoms with Crippen LogP contribution in [0.25, 0.3) is 10.2 Å². The number of nitrogens with zero attached hydrogens (tertiary/aromatic N) is 2. The first kappa shape index (κ1) is 20.8. The largest absolute Gasteiger partial charge is 0.484 e. The van der Waals surface area contributed by atoms with Crippen LogP contribution in [0.1, 0.15) is 15.9 Å². The van der Waals surface area contributed by atoms with Crippen LogP contribution in [0, 0.1) is 6.92 Å². The van der Waals surface area contributed by atoms with E-state index in [0.29, 0.717) is 29.3 Å². The number of rotatable bonds is 7. The second-order valence-electron chi connectivity index (χ2n) is 6.31. The lowest BCUT2D eigenvalue weighted by Crippen LogP contribution is -2.21. The van der Waals surface area contributed by atoms with Gasteiger partial charge in [0.25, 0.3) is 5.91 Å². The topological polar surface area (TPSA) is 79.1 Å². The van der Waals surface area contributed by atoms with Crippen molar-refractivity contribution in [3.8, 4) is 5.75 Å². The van der Waals surface area contributed by atoms with E-state index >= 15 is 0 Å². The molecular formula is C21H22N2O5S. The van der Waals surface area contributed by atoms with Gasteiger partial charge in [0.2, 0.25) is 0 Å². The Labute approximate surface area is 172 Å². The summed E-state index contributed by atoms with van der Waals surface area (Å²) in [4.78, 5) is 28.9. The zero-order valence-corrected chi connectivity index (χ0v) is 17.3. The standard InChI is InChI=1S/C21H22N2O5S/c1-14-4-7-16(8-5-14)28-13-19(24)22-21-23(10-11-26-2)17-9-6-15(20(25)27-3)12-18(17)29-21/h4-9,12H,10-11,13H2,1-3H3. The Hall–Kier alpha value is -2.97. The van der Waals surface area contributed by atoms with Gasteiger partial charge in [-0.15, -0.1) is 0 Å². The molecule has 0 N–H and O–H groups in total. The first-order valence-corrected chi connectivity index (χ1v) is 9.81. The van der Waals surface area contributed by atoms with Crippen LogP contribution in [-0.2, 0) is 20.8 Å². The lowest BCUT2D eigenvalue weighted by molar-refractivity contribution is -0.120. The number of methoxy groups -OCH3 is 2. The van der Waals surface area contributed by atoms with Crippen molar-refractivity contribution >= 4 is 33.4 Å². The summed E-state index contributed by atoms with van der Waals surface area (Å²) in [6.07, 6.45) is 0. The molecule has 29 heavy (non-hydrogen) atoms. The number of fused-ring (bicyclic) bond motifs is 1. The van der Waals surface area contributed by atoms with Crippen LogP contribution in [0.15, 0.2) is 47.5 Å². The summed E-state index contributed by atoms with van der Waals surface area (Å²) in [5.74, 6) is -0.188. The molecule has 7 nitrogen and oxygen atoms in total. The van der Waals surface area contributed by atoms with Crippen LogP contribution in [-0.4, -0.2) is 43.9 Å². The van der Waals surface area contributed by atoms with Gasteiger partial charge in [-0.1, -0.05) is 29.0 Å². The van der Waals surface area contributed by atoms with Crippen molar-refractivity contribution in [2.75, 3.05) is 27.4 Å². The maximum atomic E-state index is 12.4. The van der Waals surface area contributed by atoms with E-state index in [1.807, 2.05) is 41.8 Å². The number of thiazole rings is 1.